The van der Waals surface area contributed by atoms with E-state index >= 15 is 0 Å². The van der Waals surface area contributed by atoms with Crippen molar-refractivity contribution in [2.75, 3.05) is 19.8 Å². The Morgan fingerprint density at radius 3 is 2.82 bits per heavy atom. The molecule has 0 aliphatic carbocycles. The van der Waals surface area contributed by atoms with Gasteiger partial charge in [-0.05, 0) is 13.0 Å². The molecule has 0 aromatic heterocycles. The van der Waals surface area contributed by atoms with Gasteiger partial charge in [0.1, 0.15) is 12.2 Å². The van der Waals surface area contributed by atoms with Crippen molar-refractivity contribution in [3.05, 3.63) is 12.7 Å². The summed E-state index contributed by atoms with van der Waals surface area (Å²) in [6.45, 7) is 6.54. The average molecular weight is 156 g/mol. The van der Waals surface area contributed by atoms with E-state index in [-0.39, 0.29) is 18.0 Å². The Hall–Kier alpha value is -0.670. The normalized spacial score (nSPS) is 20.5. The van der Waals surface area contributed by atoms with Crippen molar-refractivity contribution in [1.82, 2.24) is 0 Å². The van der Waals surface area contributed by atoms with E-state index in [1.807, 2.05) is 6.92 Å². The SMILES string of the molecule is C=CC(=O)COC1(C)COC1. The fraction of sp³-hybridized carbons (Fsp3) is 0.625. The zero-order chi connectivity index (χ0) is 8.32. The highest BCUT2D eigenvalue weighted by Gasteiger charge is 2.34. The second-order valence-corrected chi connectivity index (χ2v) is 2.90. The maximum atomic E-state index is 10.7. The Balaban J connectivity index is 2.21. The van der Waals surface area contributed by atoms with Crippen molar-refractivity contribution >= 4 is 5.78 Å². The Morgan fingerprint density at radius 2 is 2.45 bits per heavy atom. The van der Waals surface area contributed by atoms with Gasteiger partial charge in [0.25, 0.3) is 0 Å². The number of hydrogen-bond donors (Lipinski definition) is 0. The molecule has 0 atom stereocenters. The molecule has 1 saturated heterocycles. The van der Waals surface area contributed by atoms with Gasteiger partial charge in [0.2, 0.25) is 0 Å². The lowest BCUT2D eigenvalue weighted by atomic mass is 10.1. The molecule has 3 heteroatoms. The maximum Gasteiger partial charge on any atom is 0.180 e. The third kappa shape index (κ3) is 2.13. The molecule has 1 aliphatic rings. The van der Waals surface area contributed by atoms with Gasteiger partial charge in [-0.1, -0.05) is 6.58 Å². The highest BCUT2D eigenvalue weighted by Crippen LogP contribution is 2.20. The minimum absolute atomic E-state index is 0.0851. The summed E-state index contributed by atoms with van der Waals surface area (Å²) in [6.07, 6.45) is 1.27. The molecule has 1 heterocycles. The van der Waals surface area contributed by atoms with Crippen LogP contribution in [0.25, 0.3) is 0 Å². The van der Waals surface area contributed by atoms with Crippen molar-refractivity contribution in [3.8, 4) is 0 Å². The fourth-order valence-corrected chi connectivity index (χ4v) is 0.777. The van der Waals surface area contributed by atoms with E-state index in [4.69, 9.17) is 9.47 Å². The van der Waals surface area contributed by atoms with E-state index in [1.54, 1.807) is 0 Å². The van der Waals surface area contributed by atoms with Crippen LogP contribution in [-0.2, 0) is 14.3 Å². The predicted octanol–water partition coefficient (Wildman–Crippen LogP) is 0.547. The van der Waals surface area contributed by atoms with Crippen LogP contribution in [0.5, 0.6) is 0 Å². The molecule has 0 spiro atoms. The van der Waals surface area contributed by atoms with Crippen LogP contribution in [0.1, 0.15) is 6.92 Å². The first-order valence-corrected chi connectivity index (χ1v) is 3.53. The number of ether oxygens (including phenoxy) is 2. The molecule has 1 rings (SSSR count). The van der Waals surface area contributed by atoms with Crippen LogP contribution < -0.4 is 0 Å². The lowest BCUT2D eigenvalue weighted by Crippen LogP contribution is -2.49. The molecule has 0 amide bonds. The first-order valence-electron chi connectivity index (χ1n) is 3.53. The number of hydrogen-bond acceptors (Lipinski definition) is 3. The molecule has 62 valence electrons. The number of rotatable bonds is 4. The number of carbonyl (C=O) groups excluding carboxylic acids is 1. The van der Waals surface area contributed by atoms with Gasteiger partial charge >= 0.3 is 0 Å². The summed E-state index contributed by atoms with van der Waals surface area (Å²) >= 11 is 0. The van der Waals surface area contributed by atoms with Crippen LogP contribution in [0, 0.1) is 0 Å². The number of ketones is 1. The first-order chi connectivity index (χ1) is 5.16. The third-order valence-corrected chi connectivity index (χ3v) is 1.61. The first kappa shape index (κ1) is 8.43. The lowest BCUT2D eigenvalue weighted by molar-refractivity contribution is -0.198. The van der Waals surface area contributed by atoms with E-state index in [1.165, 1.54) is 6.08 Å². The van der Waals surface area contributed by atoms with Gasteiger partial charge in [-0.3, -0.25) is 4.79 Å². The Kier molecular flexibility index (Phi) is 2.42. The molecule has 1 fully saturated rings. The molecule has 0 bridgehead atoms. The van der Waals surface area contributed by atoms with Crippen LogP contribution in [0.2, 0.25) is 0 Å². The van der Waals surface area contributed by atoms with Crippen molar-refractivity contribution < 1.29 is 14.3 Å². The Bertz CT molecular complexity index is 170. The van der Waals surface area contributed by atoms with E-state index < -0.39 is 0 Å². The summed E-state index contributed by atoms with van der Waals surface area (Å²) in [5.74, 6) is -0.0851. The summed E-state index contributed by atoms with van der Waals surface area (Å²) in [6, 6.07) is 0. The Morgan fingerprint density at radius 1 is 1.82 bits per heavy atom. The van der Waals surface area contributed by atoms with Crippen molar-refractivity contribution in [2.24, 2.45) is 0 Å². The molecular weight excluding hydrogens is 144 g/mol. The molecule has 0 saturated carbocycles. The van der Waals surface area contributed by atoms with Crippen molar-refractivity contribution in [1.29, 1.82) is 0 Å². The maximum absolute atomic E-state index is 10.7. The summed E-state index contributed by atoms with van der Waals surface area (Å²) in [5.41, 5.74) is -0.237. The van der Waals surface area contributed by atoms with Gasteiger partial charge in [-0.15, -0.1) is 0 Å². The molecule has 1 aliphatic heterocycles. The van der Waals surface area contributed by atoms with E-state index in [0.29, 0.717) is 13.2 Å². The quantitative estimate of drug-likeness (QED) is 0.557. The molecule has 0 unspecified atom stereocenters. The van der Waals surface area contributed by atoms with Gasteiger partial charge in [0, 0.05) is 0 Å². The zero-order valence-electron chi connectivity index (χ0n) is 6.63. The van der Waals surface area contributed by atoms with Gasteiger partial charge in [-0.2, -0.15) is 0 Å². The second-order valence-electron chi connectivity index (χ2n) is 2.90. The van der Waals surface area contributed by atoms with Crippen LogP contribution in [0.4, 0.5) is 0 Å². The van der Waals surface area contributed by atoms with Crippen LogP contribution in [0.3, 0.4) is 0 Å². The topological polar surface area (TPSA) is 35.5 Å². The molecule has 3 nitrogen and oxygen atoms in total. The average Bonchev–Trinajstić information content (AvgIpc) is 1.96. The summed E-state index contributed by atoms with van der Waals surface area (Å²) in [7, 11) is 0. The molecule has 0 aromatic carbocycles. The molecule has 0 radical (unpaired) electrons. The van der Waals surface area contributed by atoms with Crippen LogP contribution in [0.15, 0.2) is 12.7 Å². The van der Waals surface area contributed by atoms with E-state index in [2.05, 4.69) is 6.58 Å². The summed E-state index contributed by atoms with van der Waals surface area (Å²) in [4.78, 5) is 10.7. The smallest absolute Gasteiger partial charge is 0.180 e. The van der Waals surface area contributed by atoms with Gasteiger partial charge < -0.3 is 9.47 Å². The monoisotopic (exact) mass is 156 g/mol. The zero-order valence-corrected chi connectivity index (χ0v) is 6.63. The molecule has 0 aromatic rings. The largest absolute Gasteiger partial charge is 0.375 e. The van der Waals surface area contributed by atoms with Crippen LogP contribution in [-0.4, -0.2) is 31.2 Å². The van der Waals surface area contributed by atoms with Gasteiger partial charge in [-0.25, -0.2) is 0 Å². The fourth-order valence-electron chi connectivity index (χ4n) is 0.777. The highest BCUT2D eigenvalue weighted by atomic mass is 16.6. The van der Waals surface area contributed by atoms with Crippen molar-refractivity contribution in [3.63, 3.8) is 0 Å². The number of carbonyl (C=O) groups is 1. The van der Waals surface area contributed by atoms with Gasteiger partial charge in [0.05, 0.1) is 13.2 Å². The molecular formula is C8H12O3. The molecule has 11 heavy (non-hydrogen) atoms. The van der Waals surface area contributed by atoms with Gasteiger partial charge in [0.15, 0.2) is 5.78 Å². The summed E-state index contributed by atoms with van der Waals surface area (Å²) < 4.78 is 10.2. The minimum atomic E-state index is -0.237. The van der Waals surface area contributed by atoms with Crippen LogP contribution >= 0.6 is 0 Å². The third-order valence-electron chi connectivity index (χ3n) is 1.61. The van der Waals surface area contributed by atoms with E-state index in [0.717, 1.165) is 0 Å². The second kappa shape index (κ2) is 3.15. The Labute approximate surface area is 66.0 Å². The standard InChI is InChI=1S/C8H12O3/c1-3-7(9)4-11-8(2)5-10-6-8/h3H,1,4-6H2,2H3. The summed E-state index contributed by atoms with van der Waals surface area (Å²) in [5, 5.41) is 0. The lowest BCUT2D eigenvalue weighted by Gasteiger charge is -2.37. The predicted molar refractivity (Wildman–Crippen MR) is 40.4 cm³/mol. The minimum Gasteiger partial charge on any atom is -0.375 e. The van der Waals surface area contributed by atoms with Crippen molar-refractivity contribution in [2.45, 2.75) is 12.5 Å². The molecule has 0 N–H and O–H groups in total. The van der Waals surface area contributed by atoms with E-state index in [9.17, 15) is 4.79 Å². The highest BCUT2D eigenvalue weighted by molar-refractivity contribution is 5.90.